The van der Waals surface area contributed by atoms with Crippen molar-refractivity contribution in [3.8, 4) is 6.07 Å². The van der Waals surface area contributed by atoms with Crippen LogP contribution >= 0.6 is 7.26 Å². The van der Waals surface area contributed by atoms with Crippen LogP contribution in [-0.4, -0.2) is 6.16 Å². The van der Waals surface area contributed by atoms with Gasteiger partial charge in [0, 0.05) is 0 Å². The third kappa shape index (κ3) is 3.55. The molecule has 2 heteroatoms. The van der Waals surface area contributed by atoms with Gasteiger partial charge in [-0.2, -0.15) is 0 Å². The quantitative estimate of drug-likeness (QED) is 0.503. The van der Waals surface area contributed by atoms with E-state index in [0.717, 1.165) is 11.7 Å². The normalized spacial score (nSPS) is 12.4. The molecule has 0 radical (unpaired) electrons. The Morgan fingerprint density at radius 1 is 0.760 bits per heavy atom. The van der Waals surface area contributed by atoms with Gasteiger partial charge in [0.15, 0.2) is 0 Å². The van der Waals surface area contributed by atoms with Gasteiger partial charge in [0.2, 0.25) is 0 Å². The number of benzene rings is 3. The molecule has 0 unspecified atom stereocenters. The molecule has 0 aliphatic heterocycles. The van der Waals surface area contributed by atoms with Crippen molar-refractivity contribution < 1.29 is 0 Å². The first-order valence-electron chi connectivity index (χ1n) is 8.51. The summed E-state index contributed by atoms with van der Waals surface area (Å²) >= 11 is 0. The molecule has 1 nitrogen and oxygen atoms in total. The van der Waals surface area contributed by atoms with Crippen LogP contribution in [0.25, 0.3) is 0 Å². The third-order valence-corrected chi connectivity index (χ3v) is 9.46. The van der Waals surface area contributed by atoms with Crippen LogP contribution < -0.4 is 15.9 Å². The van der Waals surface area contributed by atoms with E-state index in [1.54, 1.807) is 0 Å². The Balaban J connectivity index is 2.30. The van der Waals surface area contributed by atoms with E-state index in [4.69, 9.17) is 0 Å². The van der Waals surface area contributed by atoms with Crippen LogP contribution in [0.1, 0.15) is 6.92 Å². The molecular formula is C23H22NP. The molecule has 0 aliphatic rings. The van der Waals surface area contributed by atoms with Gasteiger partial charge in [0.1, 0.15) is 0 Å². The summed E-state index contributed by atoms with van der Waals surface area (Å²) in [6.07, 6.45) is 2.99. The number of allylic oxidation sites excluding steroid dienone is 2. The van der Waals surface area contributed by atoms with Crippen molar-refractivity contribution in [3.63, 3.8) is 0 Å². The number of hydrogen-bond acceptors (Lipinski definition) is 1. The summed E-state index contributed by atoms with van der Waals surface area (Å²) < 4.78 is 0. The van der Waals surface area contributed by atoms with Gasteiger partial charge in [-0.1, -0.05) is 0 Å². The summed E-state index contributed by atoms with van der Waals surface area (Å²) in [6, 6.07) is 34.6. The fourth-order valence-corrected chi connectivity index (χ4v) is 7.98. The molecule has 3 aromatic carbocycles. The van der Waals surface area contributed by atoms with Crippen LogP contribution in [0.4, 0.5) is 0 Å². The fourth-order valence-electron chi connectivity index (χ4n) is 3.37. The van der Waals surface area contributed by atoms with Gasteiger partial charge in [-0.15, -0.1) is 0 Å². The van der Waals surface area contributed by atoms with Crippen LogP contribution in [0.3, 0.4) is 0 Å². The van der Waals surface area contributed by atoms with E-state index in [9.17, 15) is 5.26 Å². The zero-order valence-corrected chi connectivity index (χ0v) is 15.4. The molecular weight excluding hydrogens is 321 g/mol. The van der Waals surface area contributed by atoms with Gasteiger partial charge in [-0.05, 0) is 0 Å². The van der Waals surface area contributed by atoms with E-state index in [0.29, 0.717) is 0 Å². The molecule has 3 rings (SSSR count). The SMILES string of the molecule is C/C(C#N)=C/C[PH](c1ccccc1)(c1ccccc1)c1ccccc1. The minimum absolute atomic E-state index is 0.777. The van der Waals surface area contributed by atoms with Crippen molar-refractivity contribution in [1.29, 1.82) is 5.26 Å². The Morgan fingerprint density at radius 3 is 1.44 bits per heavy atom. The van der Waals surface area contributed by atoms with E-state index in [2.05, 4.69) is 103 Å². The molecule has 0 aliphatic carbocycles. The summed E-state index contributed by atoms with van der Waals surface area (Å²) in [5, 5.41) is 13.3. The van der Waals surface area contributed by atoms with Crippen LogP contribution in [-0.2, 0) is 0 Å². The molecule has 124 valence electrons. The second-order valence-electron chi connectivity index (χ2n) is 6.21. The van der Waals surface area contributed by atoms with E-state index >= 15 is 0 Å². The Labute approximate surface area is 150 Å². The summed E-state index contributed by atoms with van der Waals surface area (Å²) in [6.45, 7) is 1.89. The molecule has 0 atom stereocenters. The third-order valence-electron chi connectivity index (χ3n) is 4.69. The predicted octanol–water partition coefficient (Wildman–Crippen LogP) is 4.18. The molecule has 0 saturated heterocycles. The maximum absolute atomic E-state index is 9.24. The number of rotatable bonds is 5. The molecule has 0 fully saturated rings. The Hall–Kier alpha value is -2.68. The number of nitriles is 1. The van der Waals surface area contributed by atoms with Crippen LogP contribution in [0.15, 0.2) is 103 Å². The van der Waals surface area contributed by atoms with E-state index in [1.165, 1.54) is 15.9 Å². The van der Waals surface area contributed by atoms with Crippen molar-refractivity contribution in [3.05, 3.63) is 103 Å². The molecule has 0 bridgehead atoms. The van der Waals surface area contributed by atoms with Gasteiger partial charge in [-0.25, -0.2) is 0 Å². The Morgan fingerprint density at radius 2 is 1.12 bits per heavy atom. The van der Waals surface area contributed by atoms with Gasteiger partial charge in [-0.3, -0.25) is 0 Å². The zero-order chi connectivity index (χ0) is 17.5. The summed E-state index contributed by atoms with van der Waals surface area (Å²) in [7, 11) is -2.23. The molecule has 0 N–H and O–H groups in total. The summed E-state index contributed by atoms with van der Waals surface area (Å²) in [5.74, 6) is 0. The van der Waals surface area contributed by atoms with Crippen LogP contribution in [0, 0.1) is 11.3 Å². The van der Waals surface area contributed by atoms with Crippen LogP contribution in [0.2, 0.25) is 0 Å². The zero-order valence-electron chi connectivity index (χ0n) is 14.4. The van der Waals surface area contributed by atoms with Gasteiger partial charge in [0.25, 0.3) is 0 Å². The number of hydrogen-bond donors (Lipinski definition) is 0. The molecule has 0 saturated carbocycles. The molecule has 0 amide bonds. The Kier molecular flexibility index (Phi) is 5.44. The molecule has 0 heterocycles. The van der Waals surface area contributed by atoms with E-state index in [1.807, 2.05) is 6.92 Å². The van der Waals surface area contributed by atoms with E-state index in [-0.39, 0.29) is 0 Å². The monoisotopic (exact) mass is 343 g/mol. The average molecular weight is 343 g/mol. The Bertz CT molecular complexity index is 781. The van der Waals surface area contributed by atoms with Crippen LogP contribution in [0.5, 0.6) is 0 Å². The van der Waals surface area contributed by atoms with Gasteiger partial charge >= 0.3 is 150 Å². The van der Waals surface area contributed by atoms with Crippen molar-refractivity contribution in [2.75, 3.05) is 6.16 Å². The topological polar surface area (TPSA) is 23.8 Å². The molecule has 0 aromatic heterocycles. The van der Waals surface area contributed by atoms with Crippen molar-refractivity contribution in [2.45, 2.75) is 6.92 Å². The van der Waals surface area contributed by atoms with Gasteiger partial charge < -0.3 is 0 Å². The molecule has 3 aromatic rings. The summed E-state index contributed by atoms with van der Waals surface area (Å²) in [5.41, 5.74) is 0.777. The van der Waals surface area contributed by atoms with Crippen molar-refractivity contribution in [1.82, 2.24) is 0 Å². The van der Waals surface area contributed by atoms with E-state index < -0.39 is 7.26 Å². The van der Waals surface area contributed by atoms with Crippen molar-refractivity contribution in [2.24, 2.45) is 0 Å². The first kappa shape index (κ1) is 17.2. The number of nitrogens with zero attached hydrogens (tertiary/aromatic N) is 1. The molecule has 0 spiro atoms. The predicted molar refractivity (Wildman–Crippen MR) is 111 cm³/mol. The summed E-state index contributed by atoms with van der Waals surface area (Å²) in [4.78, 5) is 0. The average Bonchev–Trinajstić information content (AvgIpc) is 2.71. The van der Waals surface area contributed by atoms with Crippen molar-refractivity contribution >= 4 is 23.2 Å². The molecule has 25 heavy (non-hydrogen) atoms. The minimum atomic E-state index is -2.23. The fraction of sp³-hybridized carbons (Fsp3) is 0.0870. The standard InChI is InChI=1S/C23H22NP/c1-20(19-24)17-18-25(21-11-5-2-6-12-21,22-13-7-3-8-14-22)23-15-9-4-10-16-23/h2-17,25H,18H2,1H3/b20-17-. The maximum atomic E-state index is 9.24. The first-order valence-corrected chi connectivity index (χ1v) is 10.7. The van der Waals surface area contributed by atoms with Gasteiger partial charge in [0.05, 0.1) is 0 Å². The first-order chi connectivity index (χ1) is 12.3. The second kappa shape index (κ2) is 7.93. The second-order valence-corrected chi connectivity index (χ2v) is 10.2.